The van der Waals surface area contributed by atoms with Crippen molar-refractivity contribution in [1.82, 2.24) is 14.5 Å². The van der Waals surface area contributed by atoms with Gasteiger partial charge in [-0.05, 0) is 73.6 Å². The second-order valence-electron chi connectivity index (χ2n) is 7.13. The number of fused-ring (bicyclic) bond motifs is 2. The van der Waals surface area contributed by atoms with Gasteiger partial charge in [-0.25, -0.2) is 0 Å². The molecule has 128 valence electrons. The molecule has 25 heavy (non-hydrogen) atoms. The summed E-state index contributed by atoms with van der Waals surface area (Å²) < 4.78 is 1.69. The summed E-state index contributed by atoms with van der Waals surface area (Å²) in [5.41, 5.74) is 6.15. The highest BCUT2D eigenvalue weighted by atomic mass is 16.1. The predicted octanol–water partition coefficient (Wildman–Crippen LogP) is 3.54. The Morgan fingerprint density at radius 1 is 1.16 bits per heavy atom. The van der Waals surface area contributed by atoms with Crippen LogP contribution in [0.15, 0.2) is 47.5 Å². The molecule has 2 aromatic heterocycles. The molecule has 0 amide bonds. The van der Waals surface area contributed by atoms with Gasteiger partial charge in [-0.1, -0.05) is 6.07 Å². The van der Waals surface area contributed by atoms with Crippen LogP contribution >= 0.6 is 0 Å². The fourth-order valence-electron chi connectivity index (χ4n) is 4.04. The van der Waals surface area contributed by atoms with Gasteiger partial charge in [-0.2, -0.15) is 0 Å². The molecule has 1 aliphatic carbocycles. The first kappa shape index (κ1) is 16.0. The zero-order chi connectivity index (χ0) is 17.6. The quantitative estimate of drug-likeness (QED) is 0.720. The van der Waals surface area contributed by atoms with Crippen molar-refractivity contribution in [3.8, 4) is 11.1 Å². The maximum absolute atomic E-state index is 11.8. The van der Waals surface area contributed by atoms with Crippen LogP contribution in [-0.2, 0) is 13.5 Å². The molecule has 0 fully saturated rings. The van der Waals surface area contributed by atoms with Gasteiger partial charge in [0.05, 0.1) is 5.52 Å². The van der Waals surface area contributed by atoms with Crippen molar-refractivity contribution in [1.29, 1.82) is 0 Å². The van der Waals surface area contributed by atoms with Crippen molar-refractivity contribution in [3.63, 3.8) is 0 Å². The maximum Gasteiger partial charge on any atom is 0.250 e. The van der Waals surface area contributed by atoms with Crippen LogP contribution in [0, 0.1) is 0 Å². The lowest BCUT2D eigenvalue weighted by atomic mass is 9.84. The third-order valence-corrected chi connectivity index (χ3v) is 5.41. The summed E-state index contributed by atoms with van der Waals surface area (Å²) in [6.07, 6.45) is 7.51. The molecule has 4 nitrogen and oxygen atoms in total. The molecule has 1 aliphatic rings. The second-order valence-corrected chi connectivity index (χ2v) is 7.13. The van der Waals surface area contributed by atoms with Gasteiger partial charge in [-0.15, -0.1) is 0 Å². The minimum atomic E-state index is 0.0211. The molecule has 4 rings (SSSR count). The standard InChI is InChI=1S/C21H23N3O/c1-23(2)20-6-4-5-16-17(12-22-13-18(16)20)14-7-9-19-15(11-14)8-10-21(25)24(19)3/h7-13,20H,4-6H2,1-3H3/t20-/m0/s1. The van der Waals surface area contributed by atoms with Crippen molar-refractivity contribution >= 4 is 10.9 Å². The molecule has 3 aromatic rings. The first-order valence-corrected chi connectivity index (χ1v) is 8.79. The topological polar surface area (TPSA) is 38.1 Å². The van der Waals surface area contributed by atoms with Gasteiger partial charge in [0.25, 0.3) is 5.56 Å². The predicted molar refractivity (Wildman–Crippen MR) is 102 cm³/mol. The minimum Gasteiger partial charge on any atom is -0.311 e. The summed E-state index contributed by atoms with van der Waals surface area (Å²) in [5, 5.41) is 1.08. The molecule has 4 heteroatoms. The van der Waals surface area contributed by atoms with E-state index in [4.69, 9.17) is 0 Å². The van der Waals surface area contributed by atoms with Gasteiger partial charge >= 0.3 is 0 Å². The second kappa shape index (κ2) is 6.12. The van der Waals surface area contributed by atoms with Gasteiger partial charge in [0, 0.05) is 37.1 Å². The van der Waals surface area contributed by atoms with E-state index in [0.717, 1.165) is 17.3 Å². The highest BCUT2D eigenvalue weighted by Gasteiger charge is 2.24. The molecule has 0 N–H and O–H groups in total. The number of aromatic nitrogens is 2. The maximum atomic E-state index is 11.8. The monoisotopic (exact) mass is 333 g/mol. The number of nitrogens with zero attached hydrogens (tertiary/aromatic N) is 3. The van der Waals surface area contributed by atoms with Crippen LogP contribution in [0.25, 0.3) is 22.0 Å². The fourth-order valence-corrected chi connectivity index (χ4v) is 4.04. The van der Waals surface area contributed by atoms with Crippen molar-refractivity contribution < 1.29 is 0 Å². The lowest BCUT2D eigenvalue weighted by Crippen LogP contribution is -2.24. The summed E-state index contributed by atoms with van der Waals surface area (Å²) >= 11 is 0. The Balaban J connectivity index is 1.88. The van der Waals surface area contributed by atoms with Crippen molar-refractivity contribution in [2.45, 2.75) is 25.3 Å². The summed E-state index contributed by atoms with van der Waals surface area (Å²) in [5.74, 6) is 0. The van der Waals surface area contributed by atoms with E-state index < -0.39 is 0 Å². The highest BCUT2D eigenvalue weighted by molar-refractivity contribution is 5.85. The number of aryl methyl sites for hydroxylation is 1. The van der Waals surface area contributed by atoms with E-state index in [-0.39, 0.29) is 5.56 Å². The minimum absolute atomic E-state index is 0.0211. The lowest BCUT2D eigenvalue weighted by molar-refractivity contribution is 0.268. The Morgan fingerprint density at radius 2 is 2.00 bits per heavy atom. The lowest BCUT2D eigenvalue weighted by Gasteiger charge is -2.31. The first-order valence-electron chi connectivity index (χ1n) is 8.79. The van der Waals surface area contributed by atoms with E-state index in [0.29, 0.717) is 6.04 Å². The molecule has 0 unspecified atom stereocenters. The van der Waals surface area contributed by atoms with E-state index in [1.54, 1.807) is 10.6 Å². The van der Waals surface area contributed by atoms with E-state index in [9.17, 15) is 4.79 Å². The number of hydrogen-bond donors (Lipinski definition) is 0. The van der Waals surface area contributed by atoms with Crippen LogP contribution < -0.4 is 5.56 Å². The number of pyridine rings is 2. The van der Waals surface area contributed by atoms with Gasteiger partial charge in [-0.3, -0.25) is 9.78 Å². The highest BCUT2D eigenvalue weighted by Crippen LogP contribution is 2.38. The van der Waals surface area contributed by atoms with E-state index in [2.05, 4.69) is 36.1 Å². The van der Waals surface area contributed by atoms with Crippen LogP contribution in [0.2, 0.25) is 0 Å². The summed E-state index contributed by atoms with van der Waals surface area (Å²) in [4.78, 5) is 18.7. The van der Waals surface area contributed by atoms with Crippen molar-refractivity contribution in [2.75, 3.05) is 14.1 Å². The largest absolute Gasteiger partial charge is 0.311 e. The molecular formula is C21H23N3O. The van der Waals surface area contributed by atoms with Gasteiger partial charge < -0.3 is 9.47 Å². The third kappa shape index (κ3) is 2.67. The van der Waals surface area contributed by atoms with E-state index >= 15 is 0 Å². The molecule has 1 atom stereocenters. The number of hydrogen-bond acceptors (Lipinski definition) is 3. The Hall–Kier alpha value is -2.46. The summed E-state index contributed by atoms with van der Waals surface area (Å²) in [6, 6.07) is 10.3. The van der Waals surface area contributed by atoms with Crippen LogP contribution in [0.3, 0.4) is 0 Å². The van der Waals surface area contributed by atoms with Crippen LogP contribution in [0.4, 0.5) is 0 Å². The molecule has 1 aromatic carbocycles. The normalized spacial score (nSPS) is 17.0. The van der Waals surface area contributed by atoms with Crippen LogP contribution in [-0.4, -0.2) is 28.5 Å². The molecular weight excluding hydrogens is 310 g/mol. The molecule has 0 saturated heterocycles. The third-order valence-electron chi connectivity index (χ3n) is 5.41. The molecule has 0 saturated carbocycles. The zero-order valence-corrected chi connectivity index (χ0v) is 15.0. The van der Waals surface area contributed by atoms with Crippen molar-refractivity contribution in [2.24, 2.45) is 7.05 Å². The average Bonchev–Trinajstić information content (AvgIpc) is 2.63. The number of benzene rings is 1. The first-order chi connectivity index (χ1) is 12.1. The number of rotatable bonds is 2. The molecule has 0 spiro atoms. The van der Waals surface area contributed by atoms with E-state index in [1.165, 1.54) is 35.1 Å². The smallest absolute Gasteiger partial charge is 0.250 e. The van der Waals surface area contributed by atoms with Gasteiger partial charge in [0.2, 0.25) is 0 Å². The molecule has 0 radical (unpaired) electrons. The van der Waals surface area contributed by atoms with E-state index in [1.807, 2.05) is 31.6 Å². The Labute approximate surface area is 147 Å². The summed E-state index contributed by atoms with van der Waals surface area (Å²) in [7, 11) is 6.10. The summed E-state index contributed by atoms with van der Waals surface area (Å²) in [6.45, 7) is 0. The molecule has 0 aliphatic heterocycles. The molecule has 0 bridgehead atoms. The molecule has 2 heterocycles. The zero-order valence-electron chi connectivity index (χ0n) is 15.0. The van der Waals surface area contributed by atoms with Crippen LogP contribution in [0.1, 0.15) is 30.0 Å². The van der Waals surface area contributed by atoms with Crippen LogP contribution in [0.5, 0.6) is 0 Å². The SMILES string of the molecule is CN(C)[C@H]1CCCc2c(-c3ccc4c(ccc(=O)n4C)c3)cncc21. The van der Waals surface area contributed by atoms with Gasteiger partial charge in [0.1, 0.15) is 0 Å². The Morgan fingerprint density at radius 3 is 2.80 bits per heavy atom. The van der Waals surface area contributed by atoms with Crippen molar-refractivity contribution in [3.05, 3.63) is 64.2 Å². The Bertz CT molecular complexity index is 1000. The van der Waals surface area contributed by atoms with Gasteiger partial charge in [0.15, 0.2) is 0 Å². The average molecular weight is 333 g/mol. The Kier molecular flexibility index (Phi) is 3.92. The fraction of sp³-hybridized carbons (Fsp3) is 0.333.